The van der Waals surface area contributed by atoms with Gasteiger partial charge in [0.15, 0.2) is 0 Å². The first-order chi connectivity index (χ1) is 8.01. The van der Waals surface area contributed by atoms with E-state index in [0.29, 0.717) is 0 Å². The third-order valence-corrected chi connectivity index (χ3v) is 2.62. The van der Waals surface area contributed by atoms with E-state index in [0.717, 1.165) is 6.26 Å². The number of carboxylic acid groups (broad SMARTS) is 1. The third kappa shape index (κ3) is 2.85. The molecule has 0 fully saturated rings. The molecule has 94 valence electrons. The van der Waals surface area contributed by atoms with Gasteiger partial charge in [-0.3, -0.25) is 4.79 Å². The van der Waals surface area contributed by atoms with Crippen LogP contribution in [-0.4, -0.2) is 35.6 Å². The summed E-state index contributed by atoms with van der Waals surface area (Å²) in [6, 6.07) is 0. The van der Waals surface area contributed by atoms with Crippen molar-refractivity contribution >= 4 is 11.9 Å². The minimum atomic E-state index is -1.20. The Bertz CT molecular complexity index is 359. The second-order valence-electron chi connectivity index (χ2n) is 3.61. The maximum Gasteiger partial charge on any atom is 0.337 e. The summed E-state index contributed by atoms with van der Waals surface area (Å²) in [5.74, 6) is -3.12. The molecule has 6 nitrogen and oxygen atoms in total. The second-order valence-corrected chi connectivity index (χ2v) is 3.61. The van der Waals surface area contributed by atoms with Gasteiger partial charge in [0.2, 0.25) is 6.29 Å². The third-order valence-electron chi connectivity index (χ3n) is 2.62. The predicted octanol–water partition coefficient (Wildman–Crippen LogP) is 0.285. The van der Waals surface area contributed by atoms with Gasteiger partial charge in [-0.05, 0) is 0 Å². The molecule has 0 amide bonds. The summed E-state index contributed by atoms with van der Waals surface area (Å²) in [7, 11) is 1.19. The summed E-state index contributed by atoms with van der Waals surface area (Å²) in [6.07, 6.45) is 0.904. The number of hydrogen-bond donors (Lipinski definition) is 2. The van der Waals surface area contributed by atoms with Crippen LogP contribution < -0.4 is 0 Å². The monoisotopic (exact) mass is 242 g/mol. The molecule has 1 aliphatic rings. The van der Waals surface area contributed by atoms with Crippen molar-refractivity contribution in [2.24, 2.45) is 11.8 Å². The highest BCUT2D eigenvalue weighted by atomic mass is 16.6. The lowest BCUT2D eigenvalue weighted by molar-refractivity contribution is -0.145. The Morgan fingerprint density at radius 1 is 1.65 bits per heavy atom. The number of carbonyl (C=O) groups excluding carboxylic acids is 1. The van der Waals surface area contributed by atoms with E-state index in [4.69, 9.17) is 9.84 Å². The Morgan fingerprint density at radius 3 is 2.76 bits per heavy atom. The van der Waals surface area contributed by atoms with Crippen molar-refractivity contribution in [2.75, 3.05) is 7.11 Å². The van der Waals surface area contributed by atoms with Gasteiger partial charge in [0.05, 0.1) is 25.4 Å². The van der Waals surface area contributed by atoms with Gasteiger partial charge >= 0.3 is 11.9 Å². The molecule has 0 saturated carbocycles. The van der Waals surface area contributed by atoms with Gasteiger partial charge in [0.25, 0.3) is 0 Å². The molecule has 0 bridgehead atoms. The van der Waals surface area contributed by atoms with Crippen LogP contribution in [0.4, 0.5) is 0 Å². The van der Waals surface area contributed by atoms with Crippen molar-refractivity contribution in [1.29, 1.82) is 0 Å². The van der Waals surface area contributed by atoms with Crippen LogP contribution in [0.1, 0.15) is 6.42 Å². The fourth-order valence-electron chi connectivity index (χ4n) is 1.76. The van der Waals surface area contributed by atoms with Crippen molar-refractivity contribution in [3.63, 3.8) is 0 Å². The Kier molecular flexibility index (Phi) is 4.28. The molecule has 2 N–H and O–H groups in total. The van der Waals surface area contributed by atoms with Crippen LogP contribution in [0, 0.1) is 11.8 Å². The van der Waals surface area contributed by atoms with Crippen LogP contribution in [0.15, 0.2) is 24.5 Å². The number of aliphatic hydroxyl groups excluding tert-OH is 1. The fraction of sp³-hybridized carbons (Fsp3) is 0.455. The van der Waals surface area contributed by atoms with Crippen molar-refractivity contribution in [3.05, 3.63) is 24.5 Å². The highest BCUT2D eigenvalue weighted by Gasteiger charge is 2.38. The minimum absolute atomic E-state index is 0.0881. The van der Waals surface area contributed by atoms with Gasteiger partial charge in [-0.15, -0.1) is 6.58 Å². The molecule has 6 heteroatoms. The molecule has 0 saturated heterocycles. The van der Waals surface area contributed by atoms with E-state index in [9.17, 15) is 14.7 Å². The zero-order valence-electron chi connectivity index (χ0n) is 9.33. The van der Waals surface area contributed by atoms with E-state index in [2.05, 4.69) is 11.3 Å². The van der Waals surface area contributed by atoms with Gasteiger partial charge in [0, 0.05) is 11.8 Å². The average Bonchev–Trinajstić information content (AvgIpc) is 2.28. The standard InChI is InChI=1S/C11H14O6/c1-3-6-7(4-9(12)13)8(10(14)16-2)5-17-11(6)15/h3,5-7,11,15H,1,4H2,2H3,(H,12,13). The van der Waals surface area contributed by atoms with Crippen molar-refractivity contribution in [2.45, 2.75) is 12.7 Å². The number of aliphatic hydroxyl groups is 1. The SMILES string of the molecule is C=CC1C(O)OC=C(C(=O)OC)C1CC(=O)O. The lowest BCUT2D eigenvalue weighted by Gasteiger charge is -2.31. The normalized spacial score (nSPS) is 27.6. The summed E-state index contributed by atoms with van der Waals surface area (Å²) in [6.45, 7) is 3.50. The van der Waals surface area contributed by atoms with Crippen LogP contribution in [0.5, 0.6) is 0 Å². The summed E-state index contributed by atoms with van der Waals surface area (Å²) in [4.78, 5) is 22.2. The number of hydrogen-bond acceptors (Lipinski definition) is 5. The van der Waals surface area contributed by atoms with Crippen LogP contribution in [0.3, 0.4) is 0 Å². The average molecular weight is 242 g/mol. The van der Waals surface area contributed by atoms with E-state index in [1.54, 1.807) is 0 Å². The maximum atomic E-state index is 11.4. The molecule has 0 aromatic heterocycles. The molecular formula is C11H14O6. The zero-order valence-corrected chi connectivity index (χ0v) is 9.33. The van der Waals surface area contributed by atoms with E-state index in [1.807, 2.05) is 0 Å². The van der Waals surface area contributed by atoms with E-state index < -0.39 is 30.1 Å². The molecular weight excluding hydrogens is 228 g/mol. The second kappa shape index (κ2) is 5.49. The molecule has 17 heavy (non-hydrogen) atoms. The Hall–Kier alpha value is -1.82. The van der Waals surface area contributed by atoms with Crippen LogP contribution >= 0.6 is 0 Å². The smallest absolute Gasteiger partial charge is 0.337 e. The van der Waals surface area contributed by atoms with Crippen molar-refractivity contribution in [1.82, 2.24) is 0 Å². The van der Waals surface area contributed by atoms with Crippen LogP contribution in [-0.2, 0) is 19.1 Å². The fourth-order valence-corrected chi connectivity index (χ4v) is 1.76. The zero-order chi connectivity index (χ0) is 13.0. The van der Waals surface area contributed by atoms with Gasteiger partial charge in [-0.2, -0.15) is 0 Å². The first kappa shape index (κ1) is 13.2. The molecule has 0 spiro atoms. The van der Waals surface area contributed by atoms with E-state index in [1.165, 1.54) is 13.2 Å². The lowest BCUT2D eigenvalue weighted by Crippen LogP contribution is -2.36. The predicted molar refractivity (Wildman–Crippen MR) is 56.6 cm³/mol. The Labute approximate surface area is 98.1 Å². The maximum absolute atomic E-state index is 11.4. The van der Waals surface area contributed by atoms with Crippen molar-refractivity contribution < 1.29 is 29.3 Å². The number of carbonyl (C=O) groups is 2. The van der Waals surface area contributed by atoms with Gasteiger partial charge in [0.1, 0.15) is 0 Å². The van der Waals surface area contributed by atoms with Gasteiger partial charge < -0.3 is 19.7 Å². The first-order valence-corrected chi connectivity index (χ1v) is 4.97. The molecule has 0 aromatic carbocycles. The van der Waals surface area contributed by atoms with Gasteiger partial charge in [-0.1, -0.05) is 6.08 Å². The largest absolute Gasteiger partial charge is 0.481 e. The Morgan fingerprint density at radius 2 is 2.29 bits per heavy atom. The van der Waals surface area contributed by atoms with Crippen LogP contribution in [0.2, 0.25) is 0 Å². The molecule has 1 rings (SSSR count). The topological polar surface area (TPSA) is 93.1 Å². The molecule has 0 aromatic rings. The Balaban J connectivity index is 3.04. The molecule has 3 atom stereocenters. The number of methoxy groups -OCH3 is 1. The number of aliphatic carboxylic acids is 1. The molecule has 1 heterocycles. The van der Waals surface area contributed by atoms with Crippen LogP contribution in [0.25, 0.3) is 0 Å². The molecule has 1 aliphatic heterocycles. The highest BCUT2D eigenvalue weighted by molar-refractivity contribution is 5.89. The van der Waals surface area contributed by atoms with E-state index in [-0.39, 0.29) is 12.0 Å². The number of ether oxygens (including phenoxy) is 2. The molecule has 0 radical (unpaired) electrons. The van der Waals surface area contributed by atoms with Crippen molar-refractivity contribution in [3.8, 4) is 0 Å². The number of carboxylic acids is 1. The van der Waals surface area contributed by atoms with Gasteiger partial charge in [-0.25, -0.2) is 4.79 Å². The first-order valence-electron chi connectivity index (χ1n) is 4.97. The molecule has 3 unspecified atom stereocenters. The summed E-state index contributed by atoms with van der Waals surface area (Å²) in [5, 5.41) is 18.3. The minimum Gasteiger partial charge on any atom is -0.481 e. The summed E-state index contributed by atoms with van der Waals surface area (Å²) >= 11 is 0. The number of rotatable bonds is 4. The lowest BCUT2D eigenvalue weighted by atomic mass is 9.82. The highest BCUT2D eigenvalue weighted by Crippen LogP contribution is 2.33. The quantitative estimate of drug-likeness (QED) is 0.543. The number of esters is 1. The summed E-state index contributed by atoms with van der Waals surface area (Å²) in [5.41, 5.74) is 0.0881. The summed E-state index contributed by atoms with van der Waals surface area (Å²) < 4.78 is 9.39. The van der Waals surface area contributed by atoms with E-state index >= 15 is 0 Å². The molecule has 0 aliphatic carbocycles.